The predicted octanol–water partition coefficient (Wildman–Crippen LogP) is 2.75. The van der Waals surface area contributed by atoms with Gasteiger partial charge in [0.05, 0.1) is 12.7 Å². The van der Waals surface area contributed by atoms with Gasteiger partial charge in [-0.25, -0.2) is 0 Å². The molecule has 0 unspecified atom stereocenters. The summed E-state index contributed by atoms with van der Waals surface area (Å²) in [5.41, 5.74) is 0.791. The van der Waals surface area contributed by atoms with Crippen LogP contribution in [-0.4, -0.2) is 23.1 Å². The first-order valence-corrected chi connectivity index (χ1v) is 5.82. The van der Waals surface area contributed by atoms with Gasteiger partial charge in [0.15, 0.2) is 5.78 Å². The van der Waals surface area contributed by atoms with Crippen LogP contribution in [0.25, 0.3) is 0 Å². The Hall–Kier alpha value is -1.09. The Bertz CT molecular complexity index is 339. The molecule has 16 heavy (non-hydrogen) atoms. The Kier molecular flexibility index (Phi) is 4.74. The Morgan fingerprint density at radius 1 is 1.38 bits per heavy atom. The molecule has 0 aromatic carbocycles. The number of ketones is 1. The van der Waals surface area contributed by atoms with Gasteiger partial charge >= 0.3 is 0 Å². The number of rotatable bonds is 6. The lowest BCUT2D eigenvalue weighted by Crippen LogP contribution is -2.10. The van der Waals surface area contributed by atoms with Crippen LogP contribution in [0.4, 0.5) is 0 Å². The first-order valence-electron chi connectivity index (χ1n) is 5.82. The van der Waals surface area contributed by atoms with E-state index in [2.05, 4.69) is 0 Å². The number of ether oxygens (including phenoxy) is 1. The number of hydrogen-bond donors (Lipinski definition) is 0. The molecular formula is C13H21NO2. The maximum absolute atomic E-state index is 11.7. The predicted molar refractivity (Wildman–Crippen MR) is 64.7 cm³/mol. The van der Waals surface area contributed by atoms with Gasteiger partial charge in [-0.15, -0.1) is 0 Å². The minimum atomic E-state index is 0.0581. The highest BCUT2D eigenvalue weighted by molar-refractivity contribution is 5.97. The van der Waals surface area contributed by atoms with Gasteiger partial charge in [-0.2, -0.15) is 0 Å². The minimum absolute atomic E-state index is 0.0581. The van der Waals surface area contributed by atoms with E-state index in [1.54, 1.807) is 0 Å². The normalized spacial score (nSPS) is 11.4. The summed E-state index contributed by atoms with van der Waals surface area (Å²) >= 11 is 0. The lowest BCUT2D eigenvalue weighted by atomic mass is 10.0. The SMILES string of the molecule is CC(C)OCCn1ccc(C(=O)C(C)C)c1. The highest BCUT2D eigenvalue weighted by atomic mass is 16.5. The number of Topliss-reactive ketones (excluding diaryl/α,β-unsaturated/α-hetero) is 1. The summed E-state index contributed by atoms with van der Waals surface area (Å²) in [7, 11) is 0. The second-order valence-electron chi connectivity index (χ2n) is 4.58. The lowest BCUT2D eigenvalue weighted by molar-refractivity contribution is 0.0727. The average molecular weight is 223 g/mol. The lowest BCUT2D eigenvalue weighted by Gasteiger charge is -2.07. The second kappa shape index (κ2) is 5.85. The molecule has 3 nitrogen and oxygen atoms in total. The third-order valence-electron chi connectivity index (χ3n) is 2.36. The molecular weight excluding hydrogens is 202 g/mol. The summed E-state index contributed by atoms with van der Waals surface area (Å²) in [6.45, 7) is 9.35. The van der Waals surface area contributed by atoms with Crippen molar-refractivity contribution in [1.82, 2.24) is 4.57 Å². The molecule has 0 fully saturated rings. The molecule has 1 heterocycles. The Morgan fingerprint density at radius 2 is 2.06 bits per heavy atom. The largest absolute Gasteiger partial charge is 0.377 e. The van der Waals surface area contributed by atoms with Crippen molar-refractivity contribution in [2.45, 2.75) is 40.3 Å². The zero-order valence-electron chi connectivity index (χ0n) is 10.6. The van der Waals surface area contributed by atoms with Crippen LogP contribution in [-0.2, 0) is 11.3 Å². The zero-order chi connectivity index (χ0) is 12.1. The minimum Gasteiger partial charge on any atom is -0.377 e. The van der Waals surface area contributed by atoms with Crippen LogP contribution in [0.5, 0.6) is 0 Å². The third kappa shape index (κ3) is 3.81. The first-order chi connectivity index (χ1) is 7.50. The maximum atomic E-state index is 11.7. The summed E-state index contributed by atoms with van der Waals surface area (Å²) in [6, 6.07) is 1.87. The molecule has 1 rings (SSSR count). The molecule has 0 aliphatic rings. The fourth-order valence-electron chi connectivity index (χ4n) is 1.45. The molecule has 1 aromatic rings. The smallest absolute Gasteiger partial charge is 0.166 e. The van der Waals surface area contributed by atoms with Crippen LogP contribution >= 0.6 is 0 Å². The van der Waals surface area contributed by atoms with Gasteiger partial charge < -0.3 is 9.30 Å². The Morgan fingerprint density at radius 3 is 2.62 bits per heavy atom. The molecule has 0 radical (unpaired) electrons. The Labute approximate surface area is 97.4 Å². The topological polar surface area (TPSA) is 31.2 Å². The van der Waals surface area contributed by atoms with Crippen LogP contribution in [0.3, 0.4) is 0 Å². The molecule has 0 saturated heterocycles. The van der Waals surface area contributed by atoms with E-state index in [4.69, 9.17) is 4.74 Å². The van der Waals surface area contributed by atoms with E-state index in [9.17, 15) is 4.79 Å². The van der Waals surface area contributed by atoms with E-state index < -0.39 is 0 Å². The van der Waals surface area contributed by atoms with Crippen LogP contribution in [0.2, 0.25) is 0 Å². The van der Waals surface area contributed by atoms with Crippen molar-refractivity contribution in [3.63, 3.8) is 0 Å². The van der Waals surface area contributed by atoms with E-state index in [0.29, 0.717) is 6.61 Å². The van der Waals surface area contributed by atoms with E-state index in [1.807, 2.05) is 50.7 Å². The Balaban J connectivity index is 2.48. The van der Waals surface area contributed by atoms with Gasteiger partial charge in [-0.3, -0.25) is 4.79 Å². The number of nitrogens with zero attached hydrogens (tertiary/aromatic N) is 1. The van der Waals surface area contributed by atoms with Crippen molar-refractivity contribution >= 4 is 5.78 Å². The van der Waals surface area contributed by atoms with Gasteiger partial charge in [0.25, 0.3) is 0 Å². The standard InChI is InChI=1S/C13H21NO2/c1-10(2)13(15)12-5-6-14(9-12)7-8-16-11(3)4/h5-6,9-11H,7-8H2,1-4H3. The van der Waals surface area contributed by atoms with Crippen LogP contribution in [0.1, 0.15) is 38.1 Å². The average Bonchev–Trinajstić information content (AvgIpc) is 2.64. The molecule has 0 atom stereocenters. The molecule has 0 aliphatic heterocycles. The summed E-state index contributed by atoms with van der Waals surface area (Å²) < 4.78 is 7.46. The van der Waals surface area contributed by atoms with Crippen molar-refractivity contribution in [2.75, 3.05) is 6.61 Å². The number of hydrogen-bond acceptors (Lipinski definition) is 2. The highest BCUT2D eigenvalue weighted by Crippen LogP contribution is 2.09. The zero-order valence-corrected chi connectivity index (χ0v) is 10.6. The van der Waals surface area contributed by atoms with Crippen molar-refractivity contribution < 1.29 is 9.53 Å². The first kappa shape index (κ1) is 13.0. The van der Waals surface area contributed by atoms with Crippen LogP contribution in [0.15, 0.2) is 18.5 Å². The van der Waals surface area contributed by atoms with Gasteiger partial charge in [-0.1, -0.05) is 13.8 Å². The van der Waals surface area contributed by atoms with Crippen LogP contribution in [0, 0.1) is 5.92 Å². The summed E-state index contributed by atoms with van der Waals surface area (Å²) in [5.74, 6) is 0.256. The summed E-state index contributed by atoms with van der Waals surface area (Å²) in [6.07, 6.45) is 4.08. The quantitative estimate of drug-likeness (QED) is 0.694. The maximum Gasteiger partial charge on any atom is 0.166 e. The fourth-order valence-corrected chi connectivity index (χ4v) is 1.45. The van der Waals surface area contributed by atoms with Crippen molar-refractivity contribution in [3.05, 3.63) is 24.0 Å². The highest BCUT2D eigenvalue weighted by Gasteiger charge is 2.11. The van der Waals surface area contributed by atoms with Gasteiger partial charge in [0.1, 0.15) is 0 Å². The van der Waals surface area contributed by atoms with Crippen molar-refractivity contribution in [2.24, 2.45) is 5.92 Å². The summed E-state index contributed by atoms with van der Waals surface area (Å²) in [5, 5.41) is 0. The second-order valence-corrected chi connectivity index (χ2v) is 4.58. The molecule has 0 spiro atoms. The third-order valence-corrected chi connectivity index (χ3v) is 2.36. The van der Waals surface area contributed by atoms with E-state index in [0.717, 1.165) is 12.1 Å². The molecule has 3 heteroatoms. The molecule has 0 N–H and O–H groups in total. The fraction of sp³-hybridized carbons (Fsp3) is 0.615. The number of carbonyl (C=O) groups is 1. The molecule has 0 aliphatic carbocycles. The van der Waals surface area contributed by atoms with Crippen LogP contribution < -0.4 is 0 Å². The molecule has 0 amide bonds. The van der Waals surface area contributed by atoms with Crippen molar-refractivity contribution in [3.8, 4) is 0 Å². The molecule has 90 valence electrons. The van der Waals surface area contributed by atoms with E-state index in [-0.39, 0.29) is 17.8 Å². The number of carbonyl (C=O) groups excluding carboxylic acids is 1. The molecule has 1 aromatic heterocycles. The monoisotopic (exact) mass is 223 g/mol. The van der Waals surface area contributed by atoms with Gasteiger partial charge in [0.2, 0.25) is 0 Å². The number of aromatic nitrogens is 1. The van der Waals surface area contributed by atoms with Crippen molar-refractivity contribution in [1.29, 1.82) is 0 Å². The van der Waals surface area contributed by atoms with Gasteiger partial charge in [0, 0.05) is 30.4 Å². The molecule has 0 saturated carbocycles. The van der Waals surface area contributed by atoms with E-state index in [1.165, 1.54) is 0 Å². The summed E-state index contributed by atoms with van der Waals surface area (Å²) in [4.78, 5) is 11.7. The van der Waals surface area contributed by atoms with Gasteiger partial charge in [-0.05, 0) is 19.9 Å². The molecule has 0 bridgehead atoms. The van der Waals surface area contributed by atoms with E-state index >= 15 is 0 Å².